The van der Waals surface area contributed by atoms with Crippen LogP contribution >= 0.6 is 28.6 Å². The maximum Gasteiger partial charge on any atom is 0.226 e. The van der Waals surface area contributed by atoms with E-state index in [9.17, 15) is 4.39 Å². The SMILES string of the molecule is Br.CC1(C)N=C(N)N=C(N)N1OCCCOc1ccc(F)cc1Cl. The van der Waals surface area contributed by atoms with E-state index in [-0.39, 0.29) is 33.9 Å². The molecule has 1 aliphatic rings. The quantitative estimate of drug-likeness (QED) is 0.683. The Hall–Kier alpha value is -1.58. The lowest BCUT2D eigenvalue weighted by molar-refractivity contribution is -0.158. The average Bonchev–Trinajstić information content (AvgIpc) is 2.42. The Balaban J connectivity index is 0.00000288. The molecule has 7 nitrogen and oxygen atoms in total. The van der Waals surface area contributed by atoms with E-state index in [0.29, 0.717) is 25.4 Å². The largest absolute Gasteiger partial charge is 0.492 e. The highest BCUT2D eigenvalue weighted by atomic mass is 79.9. The molecule has 0 saturated carbocycles. The molecule has 0 radical (unpaired) electrons. The van der Waals surface area contributed by atoms with Gasteiger partial charge in [0.1, 0.15) is 11.6 Å². The number of nitrogens with zero attached hydrogens (tertiary/aromatic N) is 3. The highest BCUT2D eigenvalue weighted by Crippen LogP contribution is 2.25. The van der Waals surface area contributed by atoms with Gasteiger partial charge in [0, 0.05) is 6.42 Å². The van der Waals surface area contributed by atoms with Crippen molar-refractivity contribution in [2.24, 2.45) is 21.5 Å². The smallest absolute Gasteiger partial charge is 0.226 e. The van der Waals surface area contributed by atoms with Crippen molar-refractivity contribution >= 4 is 40.5 Å². The molecule has 0 spiro atoms. The summed E-state index contributed by atoms with van der Waals surface area (Å²) >= 11 is 5.87. The molecular weight excluding hydrogens is 405 g/mol. The summed E-state index contributed by atoms with van der Waals surface area (Å²) in [5.41, 5.74) is 10.6. The number of hydrogen-bond donors (Lipinski definition) is 2. The van der Waals surface area contributed by atoms with Crippen molar-refractivity contribution in [2.45, 2.75) is 25.9 Å². The normalized spacial score (nSPS) is 16.1. The fourth-order valence-corrected chi connectivity index (χ4v) is 2.23. The molecule has 1 aliphatic heterocycles. The highest BCUT2D eigenvalue weighted by molar-refractivity contribution is 8.93. The van der Waals surface area contributed by atoms with E-state index >= 15 is 0 Å². The molecular formula is C14H20BrClFN5O2. The number of ether oxygens (including phenoxy) is 1. The predicted octanol–water partition coefficient (Wildman–Crippen LogP) is 2.44. The molecule has 0 atom stereocenters. The van der Waals surface area contributed by atoms with Crippen LogP contribution in [0.3, 0.4) is 0 Å². The third kappa shape index (κ3) is 5.22. The predicted molar refractivity (Wildman–Crippen MR) is 97.0 cm³/mol. The van der Waals surface area contributed by atoms with E-state index in [1.807, 2.05) is 0 Å². The van der Waals surface area contributed by atoms with Crippen molar-refractivity contribution in [1.29, 1.82) is 0 Å². The van der Waals surface area contributed by atoms with Crippen LogP contribution in [0.2, 0.25) is 5.02 Å². The molecule has 0 fully saturated rings. The summed E-state index contributed by atoms with van der Waals surface area (Å²) in [5, 5.41) is 1.62. The molecule has 0 unspecified atom stereocenters. The lowest BCUT2D eigenvalue weighted by Crippen LogP contribution is -2.53. The van der Waals surface area contributed by atoms with Gasteiger partial charge >= 0.3 is 0 Å². The minimum Gasteiger partial charge on any atom is -0.492 e. The topological polar surface area (TPSA) is 98.5 Å². The van der Waals surface area contributed by atoms with Gasteiger partial charge in [0.25, 0.3) is 0 Å². The van der Waals surface area contributed by atoms with Crippen molar-refractivity contribution in [3.05, 3.63) is 29.0 Å². The molecule has 0 amide bonds. The fourth-order valence-electron chi connectivity index (χ4n) is 2.01. The van der Waals surface area contributed by atoms with Crippen LogP contribution in [0, 0.1) is 5.82 Å². The second-order valence-electron chi connectivity index (χ2n) is 5.34. The Bertz CT molecular complexity index is 642. The molecule has 10 heteroatoms. The van der Waals surface area contributed by atoms with Gasteiger partial charge in [0.05, 0.1) is 18.2 Å². The zero-order chi connectivity index (χ0) is 17.0. The number of hydroxylamine groups is 2. The first-order valence-electron chi connectivity index (χ1n) is 7.00. The molecule has 1 heterocycles. The van der Waals surface area contributed by atoms with Crippen LogP contribution in [0.25, 0.3) is 0 Å². The summed E-state index contributed by atoms with van der Waals surface area (Å²) in [4.78, 5) is 13.6. The lowest BCUT2D eigenvalue weighted by atomic mass is 10.2. The number of nitrogens with two attached hydrogens (primary N) is 2. The van der Waals surface area contributed by atoms with Crippen molar-refractivity contribution in [1.82, 2.24) is 5.06 Å². The second-order valence-corrected chi connectivity index (χ2v) is 5.75. The molecule has 1 aromatic rings. The van der Waals surface area contributed by atoms with Crippen molar-refractivity contribution in [2.75, 3.05) is 13.2 Å². The van der Waals surface area contributed by atoms with Crippen LogP contribution in [0.5, 0.6) is 5.75 Å². The maximum atomic E-state index is 12.9. The van der Waals surface area contributed by atoms with Crippen molar-refractivity contribution < 1.29 is 14.0 Å². The maximum absolute atomic E-state index is 12.9. The summed E-state index contributed by atoms with van der Waals surface area (Å²) in [6, 6.07) is 3.96. The minimum atomic E-state index is -0.739. The average molecular weight is 425 g/mol. The summed E-state index contributed by atoms with van der Waals surface area (Å²) in [5.74, 6) is 0.268. The van der Waals surface area contributed by atoms with Gasteiger partial charge in [-0.1, -0.05) is 11.6 Å². The van der Waals surface area contributed by atoms with Crippen LogP contribution in [0.15, 0.2) is 28.2 Å². The number of hydrogen-bond acceptors (Lipinski definition) is 7. The van der Waals surface area contributed by atoms with Gasteiger partial charge < -0.3 is 16.2 Å². The molecule has 2 rings (SSSR count). The number of halogens is 3. The summed E-state index contributed by atoms with van der Waals surface area (Å²) < 4.78 is 18.4. The van der Waals surface area contributed by atoms with Gasteiger partial charge in [-0.2, -0.15) is 10.1 Å². The molecule has 0 aromatic heterocycles. The van der Waals surface area contributed by atoms with Gasteiger partial charge in [-0.3, -0.25) is 4.84 Å². The third-order valence-corrected chi connectivity index (χ3v) is 3.28. The number of benzene rings is 1. The summed E-state index contributed by atoms with van der Waals surface area (Å²) in [7, 11) is 0. The molecule has 24 heavy (non-hydrogen) atoms. The van der Waals surface area contributed by atoms with E-state index < -0.39 is 11.5 Å². The van der Waals surface area contributed by atoms with Crippen LogP contribution in [0.4, 0.5) is 4.39 Å². The van der Waals surface area contributed by atoms with Gasteiger partial charge in [0.15, 0.2) is 5.66 Å². The fraction of sp³-hybridized carbons (Fsp3) is 0.429. The molecule has 4 N–H and O–H groups in total. The molecule has 1 aromatic carbocycles. The van der Waals surface area contributed by atoms with Crippen LogP contribution < -0.4 is 16.2 Å². The summed E-state index contributed by atoms with van der Waals surface area (Å²) in [6.07, 6.45) is 0.562. The Kier molecular flexibility index (Phi) is 7.25. The Morgan fingerprint density at radius 2 is 2.00 bits per heavy atom. The molecule has 134 valence electrons. The molecule has 0 aliphatic carbocycles. The Morgan fingerprint density at radius 1 is 1.29 bits per heavy atom. The van der Waals surface area contributed by atoms with E-state index in [1.165, 1.54) is 23.3 Å². The van der Waals surface area contributed by atoms with Crippen LogP contribution in [0.1, 0.15) is 20.3 Å². The lowest BCUT2D eigenvalue weighted by Gasteiger charge is -2.36. The minimum absolute atomic E-state index is 0. The summed E-state index contributed by atoms with van der Waals surface area (Å²) in [6.45, 7) is 4.28. The Labute approximate surface area is 155 Å². The van der Waals surface area contributed by atoms with E-state index in [2.05, 4.69) is 9.98 Å². The zero-order valence-electron chi connectivity index (χ0n) is 13.3. The number of aliphatic imine (C=N–C) groups is 2. The van der Waals surface area contributed by atoms with Gasteiger partial charge in [-0.25, -0.2) is 9.38 Å². The van der Waals surface area contributed by atoms with Gasteiger partial charge in [-0.15, -0.1) is 17.0 Å². The zero-order valence-corrected chi connectivity index (χ0v) is 15.8. The number of guanidine groups is 2. The van der Waals surface area contributed by atoms with Crippen LogP contribution in [-0.4, -0.2) is 35.9 Å². The second kappa shape index (κ2) is 8.50. The van der Waals surface area contributed by atoms with Crippen molar-refractivity contribution in [3.63, 3.8) is 0 Å². The monoisotopic (exact) mass is 423 g/mol. The first-order chi connectivity index (χ1) is 10.8. The molecule has 0 bridgehead atoms. The molecule has 0 saturated heterocycles. The first-order valence-corrected chi connectivity index (χ1v) is 7.38. The van der Waals surface area contributed by atoms with Gasteiger partial charge in [-0.05, 0) is 32.0 Å². The van der Waals surface area contributed by atoms with Gasteiger partial charge in [0.2, 0.25) is 11.9 Å². The Morgan fingerprint density at radius 3 is 2.62 bits per heavy atom. The standard InChI is InChI=1S/C14H19ClFN5O2.BrH/c1-14(2)20-12(17)19-13(18)21(14)23-7-3-6-22-11-5-4-9(16)8-10(11)15;/h4-5,8H,3,6-7H2,1-2H3,(H4,17,18,19,20);1H. The van der Waals surface area contributed by atoms with E-state index in [0.717, 1.165) is 0 Å². The van der Waals surface area contributed by atoms with Crippen molar-refractivity contribution in [3.8, 4) is 5.75 Å². The third-order valence-electron chi connectivity index (χ3n) is 2.98. The van der Waals surface area contributed by atoms with Crippen LogP contribution in [-0.2, 0) is 4.84 Å². The van der Waals surface area contributed by atoms with E-state index in [1.54, 1.807) is 13.8 Å². The first kappa shape index (κ1) is 20.5. The highest BCUT2D eigenvalue weighted by Gasteiger charge is 2.32. The van der Waals surface area contributed by atoms with E-state index in [4.69, 9.17) is 32.6 Å². The number of rotatable bonds is 6.